The van der Waals surface area contributed by atoms with Crippen molar-refractivity contribution in [3.8, 4) is 44.5 Å². The van der Waals surface area contributed by atoms with E-state index in [9.17, 15) is 0 Å². The van der Waals surface area contributed by atoms with Gasteiger partial charge < -0.3 is 4.90 Å². The Labute approximate surface area is 335 Å². The molecule has 0 heterocycles. The lowest BCUT2D eigenvalue weighted by Gasteiger charge is -2.31. The fraction of sp³-hybridized carbons (Fsp3) is 0.107. The van der Waals surface area contributed by atoms with Crippen LogP contribution in [-0.4, -0.2) is 0 Å². The minimum Gasteiger partial charge on any atom is -0.310 e. The van der Waals surface area contributed by atoms with Crippen LogP contribution in [0.5, 0.6) is 0 Å². The molecular weight excluding hydrogens is 687 g/mol. The summed E-state index contributed by atoms with van der Waals surface area (Å²) in [6, 6.07) is 70.1. The van der Waals surface area contributed by atoms with Crippen molar-refractivity contribution in [1.29, 1.82) is 0 Å². The Morgan fingerprint density at radius 3 is 1.46 bits per heavy atom. The fourth-order valence-electron chi connectivity index (χ4n) is 10.0. The van der Waals surface area contributed by atoms with Crippen LogP contribution in [-0.2, 0) is 10.8 Å². The summed E-state index contributed by atoms with van der Waals surface area (Å²) in [6.45, 7) is 9.54. The van der Waals surface area contributed by atoms with Gasteiger partial charge in [-0.05, 0) is 119 Å². The van der Waals surface area contributed by atoms with Crippen molar-refractivity contribution in [1.82, 2.24) is 0 Å². The van der Waals surface area contributed by atoms with Crippen LogP contribution >= 0.6 is 0 Å². The van der Waals surface area contributed by atoms with E-state index < -0.39 is 0 Å². The zero-order chi connectivity index (χ0) is 38.5. The van der Waals surface area contributed by atoms with Gasteiger partial charge in [0.1, 0.15) is 0 Å². The molecule has 1 heteroatoms. The molecule has 2 aliphatic rings. The molecule has 0 radical (unpaired) electrons. The lowest BCUT2D eigenvalue weighted by molar-refractivity contribution is 0.660. The van der Waals surface area contributed by atoms with Crippen LogP contribution in [0.1, 0.15) is 49.9 Å². The van der Waals surface area contributed by atoms with Crippen LogP contribution in [0.15, 0.2) is 188 Å². The van der Waals surface area contributed by atoms with Gasteiger partial charge in [0.15, 0.2) is 0 Å². The summed E-state index contributed by atoms with van der Waals surface area (Å²) in [5.74, 6) is 0. The first-order valence-electron chi connectivity index (χ1n) is 20.2. The largest absolute Gasteiger partial charge is 0.310 e. The molecule has 11 rings (SSSR count). The van der Waals surface area contributed by atoms with E-state index in [2.05, 4.69) is 221 Å². The minimum atomic E-state index is -0.195. The van der Waals surface area contributed by atoms with Crippen molar-refractivity contribution in [3.05, 3.63) is 210 Å². The van der Waals surface area contributed by atoms with E-state index in [0.717, 1.165) is 0 Å². The van der Waals surface area contributed by atoms with Crippen molar-refractivity contribution in [2.75, 3.05) is 4.90 Å². The molecule has 272 valence electrons. The highest BCUT2D eigenvalue weighted by Gasteiger charge is 2.38. The maximum atomic E-state index is 2.52. The number of nitrogens with zero attached hydrogens (tertiary/aromatic N) is 1. The highest BCUT2D eigenvalue weighted by molar-refractivity contribution is 6.14. The van der Waals surface area contributed by atoms with E-state index in [0.29, 0.717) is 0 Å². The van der Waals surface area contributed by atoms with Gasteiger partial charge in [-0.3, -0.25) is 0 Å². The molecule has 0 spiro atoms. The highest BCUT2D eigenvalue weighted by atomic mass is 15.1. The van der Waals surface area contributed by atoms with E-state index in [1.165, 1.54) is 105 Å². The van der Waals surface area contributed by atoms with Gasteiger partial charge in [0.25, 0.3) is 0 Å². The first-order chi connectivity index (χ1) is 27.8. The van der Waals surface area contributed by atoms with Gasteiger partial charge in [0.05, 0.1) is 5.69 Å². The Balaban J connectivity index is 1.06. The molecule has 0 atom stereocenters. The predicted octanol–water partition coefficient (Wildman–Crippen LogP) is 15.4. The SMILES string of the molecule is CC1(C)c2ccccc2-c2ccc(N(c3ccc4c(c3)C(C)(C)c3cc(-c5ccc(-c6ccccc6)cc5)ccc3-4)c3cc4ccccc4c4ccccc34)cc21. The maximum absolute atomic E-state index is 2.52. The number of fused-ring (bicyclic) bond motifs is 9. The summed E-state index contributed by atoms with van der Waals surface area (Å²) >= 11 is 0. The Morgan fingerprint density at radius 2 is 0.772 bits per heavy atom. The number of anilines is 3. The van der Waals surface area contributed by atoms with Crippen molar-refractivity contribution >= 4 is 38.6 Å². The molecule has 0 aromatic heterocycles. The first-order valence-corrected chi connectivity index (χ1v) is 20.2. The monoisotopic (exact) mass is 729 g/mol. The number of rotatable bonds is 5. The lowest BCUT2D eigenvalue weighted by atomic mass is 9.81. The number of benzene rings is 9. The molecule has 1 nitrogen and oxygen atoms in total. The average Bonchev–Trinajstić information content (AvgIpc) is 3.62. The molecule has 0 fully saturated rings. The quantitative estimate of drug-likeness (QED) is 0.159. The van der Waals surface area contributed by atoms with Gasteiger partial charge in [-0.25, -0.2) is 0 Å². The second kappa shape index (κ2) is 12.4. The van der Waals surface area contributed by atoms with Gasteiger partial charge in [0, 0.05) is 27.6 Å². The van der Waals surface area contributed by atoms with Crippen molar-refractivity contribution in [2.45, 2.75) is 38.5 Å². The second-order valence-corrected chi connectivity index (χ2v) is 17.0. The molecule has 0 bridgehead atoms. The standard InChI is InChI=1S/C56H43N/c1-55(2)50-21-13-12-19-45(50)47-30-27-41(34-52(47)55)57(54-33-40-16-8-9-17-43(40)44-18-10-11-20-49(44)54)42-28-31-48-46-29-26-39(32-51(46)56(3,4)53(48)35-42)38-24-22-37(23-25-38)36-14-6-5-7-15-36/h5-35H,1-4H3. The molecule has 0 N–H and O–H groups in total. The topological polar surface area (TPSA) is 3.24 Å². The van der Waals surface area contributed by atoms with Gasteiger partial charge in [-0.1, -0.05) is 179 Å². The highest BCUT2D eigenvalue weighted by Crippen LogP contribution is 2.54. The summed E-state index contributed by atoms with van der Waals surface area (Å²) in [7, 11) is 0. The zero-order valence-corrected chi connectivity index (χ0v) is 32.8. The third-order valence-corrected chi connectivity index (χ3v) is 13.1. The van der Waals surface area contributed by atoms with Crippen LogP contribution in [0.4, 0.5) is 17.1 Å². The number of hydrogen-bond acceptors (Lipinski definition) is 1. The molecule has 0 amide bonds. The Kier molecular flexibility index (Phi) is 7.32. The minimum absolute atomic E-state index is 0.111. The molecule has 9 aromatic carbocycles. The van der Waals surface area contributed by atoms with Crippen molar-refractivity contribution < 1.29 is 0 Å². The third kappa shape index (κ3) is 5.08. The Bertz CT molecular complexity index is 3060. The molecular formula is C56H43N. The van der Waals surface area contributed by atoms with Crippen molar-refractivity contribution in [2.24, 2.45) is 0 Å². The average molecular weight is 730 g/mol. The van der Waals surface area contributed by atoms with E-state index in [-0.39, 0.29) is 10.8 Å². The Hall–Kier alpha value is -6.70. The zero-order valence-electron chi connectivity index (χ0n) is 32.8. The third-order valence-electron chi connectivity index (χ3n) is 13.1. The van der Waals surface area contributed by atoms with Gasteiger partial charge in [-0.15, -0.1) is 0 Å². The second-order valence-electron chi connectivity index (χ2n) is 17.0. The van der Waals surface area contributed by atoms with Crippen LogP contribution in [0, 0.1) is 0 Å². The normalized spacial score (nSPS) is 14.2. The van der Waals surface area contributed by atoms with E-state index >= 15 is 0 Å². The fourth-order valence-corrected chi connectivity index (χ4v) is 10.0. The summed E-state index contributed by atoms with van der Waals surface area (Å²) in [5.41, 5.74) is 19.0. The number of hydrogen-bond donors (Lipinski definition) is 0. The van der Waals surface area contributed by atoms with Crippen LogP contribution in [0.3, 0.4) is 0 Å². The molecule has 9 aromatic rings. The van der Waals surface area contributed by atoms with Crippen LogP contribution in [0.25, 0.3) is 66.1 Å². The predicted molar refractivity (Wildman–Crippen MR) is 242 cm³/mol. The molecule has 0 aliphatic heterocycles. The van der Waals surface area contributed by atoms with Crippen molar-refractivity contribution in [3.63, 3.8) is 0 Å². The van der Waals surface area contributed by atoms with Gasteiger partial charge in [0.2, 0.25) is 0 Å². The van der Waals surface area contributed by atoms with E-state index in [1.807, 2.05) is 0 Å². The summed E-state index contributed by atoms with van der Waals surface area (Å²) in [4.78, 5) is 2.52. The Morgan fingerprint density at radius 1 is 0.316 bits per heavy atom. The molecule has 0 saturated heterocycles. The summed E-state index contributed by atoms with van der Waals surface area (Å²) < 4.78 is 0. The molecule has 57 heavy (non-hydrogen) atoms. The molecule has 0 saturated carbocycles. The molecule has 0 unspecified atom stereocenters. The van der Waals surface area contributed by atoms with E-state index in [1.54, 1.807) is 0 Å². The maximum Gasteiger partial charge on any atom is 0.0546 e. The van der Waals surface area contributed by atoms with Crippen LogP contribution < -0.4 is 4.90 Å². The van der Waals surface area contributed by atoms with Gasteiger partial charge in [-0.2, -0.15) is 0 Å². The van der Waals surface area contributed by atoms with E-state index in [4.69, 9.17) is 0 Å². The summed E-state index contributed by atoms with van der Waals surface area (Å²) in [6.07, 6.45) is 0. The summed E-state index contributed by atoms with van der Waals surface area (Å²) in [5, 5.41) is 5.02. The molecule has 2 aliphatic carbocycles. The van der Waals surface area contributed by atoms with Gasteiger partial charge >= 0.3 is 0 Å². The first kappa shape index (κ1) is 33.6. The van der Waals surface area contributed by atoms with Crippen LogP contribution in [0.2, 0.25) is 0 Å². The smallest absolute Gasteiger partial charge is 0.0546 e. The lowest BCUT2D eigenvalue weighted by Crippen LogP contribution is -2.18.